The van der Waals surface area contributed by atoms with Gasteiger partial charge in [-0.3, -0.25) is 4.90 Å². The fourth-order valence-corrected chi connectivity index (χ4v) is 4.15. The van der Waals surface area contributed by atoms with Crippen molar-refractivity contribution in [2.24, 2.45) is 11.7 Å². The lowest BCUT2D eigenvalue weighted by atomic mass is 10.1. The molecule has 1 saturated heterocycles. The van der Waals surface area contributed by atoms with E-state index in [9.17, 15) is 5.26 Å². The Morgan fingerprint density at radius 1 is 1.16 bits per heavy atom. The minimum Gasteiger partial charge on any atom is -0.483 e. The van der Waals surface area contributed by atoms with Gasteiger partial charge in [-0.1, -0.05) is 36.4 Å². The monoisotopic (exact) mass is 333 g/mol. The molecule has 0 spiro atoms. The summed E-state index contributed by atoms with van der Waals surface area (Å²) in [7, 11) is 0. The Hall–Kier alpha value is -2.35. The van der Waals surface area contributed by atoms with Crippen LogP contribution in [0.4, 0.5) is 0 Å². The van der Waals surface area contributed by atoms with Crippen LogP contribution in [0.5, 0.6) is 5.75 Å². The zero-order valence-electron chi connectivity index (χ0n) is 14.3. The maximum atomic E-state index is 9.38. The maximum Gasteiger partial charge on any atom is 0.140 e. The molecule has 0 saturated carbocycles. The number of nitrogens with zero attached hydrogens (tertiary/aromatic N) is 2. The summed E-state index contributed by atoms with van der Waals surface area (Å²) in [5.41, 5.74) is 9.07. The maximum absolute atomic E-state index is 9.38. The molecule has 3 atom stereocenters. The van der Waals surface area contributed by atoms with Crippen LogP contribution >= 0.6 is 0 Å². The summed E-state index contributed by atoms with van der Waals surface area (Å²) in [6.45, 7) is 2.86. The van der Waals surface area contributed by atoms with Gasteiger partial charge in [-0.2, -0.15) is 5.26 Å². The van der Waals surface area contributed by atoms with E-state index in [0.717, 1.165) is 32.5 Å². The lowest BCUT2D eigenvalue weighted by Crippen LogP contribution is -2.39. The summed E-state index contributed by atoms with van der Waals surface area (Å²) in [6, 6.07) is 18.6. The van der Waals surface area contributed by atoms with Crippen molar-refractivity contribution in [2.75, 3.05) is 19.6 Å². The number of fused-ring (bicyclic) bond motifs is 1. The Balaban J connectivity index is 1.65. The van der Waals surface area contributed by atoms with Crippen LogP contribution in [0, 0.1) is 17.2 Å². The van der Waals surface area contributed by atoms with Crippen LogP contribution in [0.1, 0.15) is 29.2 Å². The van der Waals surface area contributed by atoms with E-state index in [1.165, 1.54) is 11.1 Å². The van der Waals surface area contributed by atoms with Gasteiger partial charge < -0.3 is 10.5 Å². The van der Waals surface area contributed by atoms with Gasteiger partial charge in [0.1, 0.15) is 17.9 Å². The average molecular weight is 333 g/mol. The summed E-state index contributed by atoms with van der Waals surface area (Å²) in [5.74, 6) is 1.25. The van der Waals surface area contributed by atoms with E-state index >= 15 is 0 Å². The molecule has 2 aliphatic rings. The Bertz CT molecular complexity index is 798. The highest BCUT2D eigenvalue weighted by molar-refractivity contribution is 5.44. The van der Waals surface area contributed by atoms with Crippen LogP contribution in [-0.2, 0) is 6.42 Å². The van der Waals surface area contributed by atoms with Crippen molar-refractivity contribution in [3.63, 3.8) is 0 Å². The minimum absolute atomic E-state index is 0.0396. The van der Waals surface area contributed by atoms with Crippen LogP contribution in [0.15, 0.2) is 48.5 Å². The average Bonchev–Trinajstić information content (AvgIpc) is 3.27. The number of hydrogen-bond donors (Lipinski definition) is 1. The van der Waals surface area contributed by atoms with Crippen molar-refractivity contribution >= 4 is 0 Å². The number of nitrogens with two attached hydrogens (primary N) is 1. The van der Waals surface area contributed by atoms with Crippen molar-refractivity contribution in [3.8, 4) is 11.8 Å². The van der Waals surface area contributed by atoms with Crippen molar-refractivity contribution in [1.82, 2.24) is 4.90 Å². The molecule has 0 bridgehead atoms. The van der Waals surface area contributed by atoms with Crippen LogP contribution in [-0.4, -0.2) is 30.6 Å². The Morgan fingerprint density at radius 2 is 1.96 bits per heavy atom. The predicted molar refractivity (Wildman–Crippen MR) is 97.2 cm³/mol. The number of rotatable bonds is 4. The zero-order chi connectivity index (χ0) is 17.2. The SMILES string of the molecule is N#Cc1ccccc1O[C@@H]1c2ccccc2CC1N1CC[C@H](CN)C1. The van der Waals surface area contributed by atoms with Gasteiger partial charge in [0.05, 0.1) is 11.6 Å². The van der Waals surface area contributed by atoms with E-state index in [2.05, 4.69) is 35.2 Å². The van der Waals surface area contributed by atoms with Crippen molar-refractivity contribution < 1.29 is 4.74 Å². The topological polar surface area (TPSA) is 62.3 Å². The van der Waals surface area contributed by atoms with E-state index in [4.69, 9.17) is 10.5 Å². The molecule has 128 valence electrons. The second-order valence-electron chi connectivity index (χ2n) is 7.00. The quantitative estimate of drug-likeness (QED) is 0.934. The van der Waals surface area contributed by atoms with Crippen LogP contribution < -0.4 is 10.5 Å². The number of likely N-dealkylation sites (tertiary alicyclic amines) is 1. The highest BCUT2D eigenvalue weighted by atomic mass is 16.5. The molecule has 0 amide bonds. The van der Waals surface area contributed by atoms with Crippen molar-refractivity contribution in [3.05, 3.63) is 65.2 Å². The van der Waals surface area contributed by atoms with E-state index in [1.807, 2.05) is 24.3 Å². The number of ether oxygens (including phenoxy) is 1. The molecule has 25 heavy (non-hydrogen) atoms. The molecule has 2 aromatic carbocycles. The third-order valence-electron chi connectivity index (χ3n) is 5.52. The van der Waals surface area contributed by atoms with Gasteiger partial charge in [-0.25, -0.2) is 0 Å². The minimum atomic E-state index is -0.0396. The number of hydrogen-bond acceptors (Lipinski definition) is 4. The van der Waals surface area contributed by atoms with E-state index in [-0.39, 0.29) is 6.10 Å². The van der Waals surface area contributed by atoms with E-state index in [0.29, 0.717) is 23.3 Å². The summed E-state index contributed by atoms with van der Waals surface area (Å²) < 4.78 is 6.42. The fourth-order valence-electron chi connectivity index (χ4n) is 4.15. The summed E-state index contributed by atoms with van der Waals surface area (Å²) in [4.78, 5) is 2.52. The predicted octanol–water partition coefficient (Wildman–Crippen LogP) is 2.88. The smallest absolute Gasteiger partial charge is 0.140 e. The third kappa shape index (κ3) is 3.02. The summed E-state index contributed by atoms with van der Waals surface area (Å²) in [6.07, 6.45) is 2.11. The first-order valence-electron chi connectivity index (χ1n) is 8.98. The molecule has 4 nitrogen and oxygen atoms in total. The standard InChI is InChI=1S/C21H23N3O/c22-12-15-9-10-24(14-15)19-11-16-5-1-3-7-18(16)21(19)25-20-8-4-2-6-17(20)13-23/h1-8,15,19,21H,9-12,14,22H2/t15-,19?,21-/m1/s1. The molecule has 0 aromatic heterocycles. The first-order valence-corrected chi connectivity index (χ1v) is 8.98. The Morgan fingerprint density at radius 3 is 2.76 bits per heavy atom. The number of nitriles is 1. The Labute approximate surface area is 148 Å². The molecule has 4 heteroatoms. The second kappa shape index (κ2) is 6.87. The van der Waals surface area contributed by atoms with Gasteiger partial charge in [0.2, 0.25) is 0 Å². The lowest BCUT2D eigenvalue weighted by molar-refractivity contribution is 0.0915. The summed E-state index contributed by atoms with van der Waals surface area (Å²) >= 11 is 0. The second-order valence-corrected chi connectivity index (χ2v) is 7.00. The lowest BCUT2D eigenvalue weighted by Gasteiger charge is -2.30. The van der Waals surface area contributed by atoms with Gasteiger partial charge in [-0.05, 0) is 55.1 Å². The van der Waals surface area contributed by atoms with Gasteiger partial charge in [-0.15, -0.1) is 0 Å². The fraction of sp³-hybridized carbons (Fsp3) is 0.381. The molecule has 1 fully saturated rings. The first-order chi connectivity index (χ1) is 12.3. The van der Waals surface area contributed by atoms with Crippen molar-refractivity contribution in [1.29, 1.82) is 5.26 Å². The van der Waals surface area contributed by atoms with Crippen molar-refractivity contribution in [2.45, 2.75) is 25.0 Å². The molecule has 2 N–H and O–H groups in total. The van der Waals surface area contributed by atoms with Crippen LogP contribution in [0.25, 0.3) is 0 Å². The Kier molecular flexibility index (Phi) is 4.44. The molecule has 4 rings (SSSR count). The highest BCUT2D eigenvalue weighted by Crippen LogP contribution is 2.40. The summed E-state index contributed by atoms with van der Waals surface area (Å²) in [5, 5.41) is 9.38. The molecular formula is C21H23N3O. The molecule has 1 aliphatic carbocycles. The molecule has 2 aromatic rings. The highest BCUT2D eigenvalue weighted by Gasteiger charge is 2.40. The van der Waals surface area contributed by atoms with E-state index < -0.39 is 0 Å². The van der Waals surface area contributed by atoms with E-state index in [1.54, 1.807) is 0 Å². The van der Waals surface area contributed by atoms with Gasteiger partial charge in [0.25, 0.3) is 0 Å². The van der Waals surface area contributed by atoms with Gasteiger partial charge in [0.15, 0.2) is 0 Å². The number of para-hydroxylation sites is 1. The first kappa shape index (κ1) is 16.1. The third-order valence-corrected chi connectivity index (χ3v) is 5.52. The zero-order valence-corrected chi connectivity index (χ0v) is 14.3. The molecule has 1 unspecified atom stereocenters. The number of benzene rings is 2. The molecular weight excluding hydrogens is 310 g/mol. The molecule has 1 heterocycles. The van der Waals surface area contributed by atoms with Crippen LogP contribution in [0.2, 0.25) is 0 Å². The van der Waals surface area contributed by atoms with Crippen LogP contribution in [0.3, 0.4) is 0 Å². The normalized spacial score (nSPS) is 25.5. The molecule has 1 aliphatic heterocycles. The largest absolute Gasteiger partial charge is 0.483 e. The molecule has 0 radical (unpaired) electrons. The van der Waals surface area contributed by atoms with Gasteiger partial charge in [0, 0.05) is 6.54 Å². The van der Waals surface area contributed by atoms with Gasteiger partial charge >= 0.3 is 0 Å².